The first-order valence-electron chi connectivity index (χ1n) is 10.3. The van der Waals surface area contributed by atoms with Crippen LogP contribution in [0.5, 0.6) is 0 Å². The minimum Gasteiger partial charge on any atom is -0.362 e. The molecule has 0 N–H and O–H groups in total. The lowest BCUT2D eigenvalue weighted by atomic mass is 10.0. The van der Waals surface area contributed by atoms with E-state index in [0.717, 1.165) is 28.6 Å². The number of hydrogen-bond donors (Lipinski definition) is 0. The predicted octanol–water partition coefficient (Wildman–Crippen LogP) is 4.74. The molecule has 2 heterocycles. The van der Waals surface area contributed by atoms with Crippen LogP contribution in [0.15, 0.2) is 42.5 Å². The largest absolute Gasteiger partial charge is 0.416 e. The molecule has 172 valence electrons. The fraction of sp³-hybridized carbons (Fsp3) is 0.304. The molecule has 3 aromatic rings. The van der Waals surface area contributed by atoms with E-state index < -0.39 is 22.4 Å². The van der Waals surface area contributed by atoms with Crippen molar-refractivity contribution in [1.29, 1.82) is 0 Å². The molecule has 7 nitrogen and oxygen atoms in total. The maximum atomic E-state index is 13.3. The molecule has 1 aromatic heterocycles. The summed E-state index contributed by atoms with van der Waals surface area (Å²) in [5, 5.41) is 12.2. The van der Waals surface area contributed by atoms with Gasteiger partial charge in [-0.2, -0.15) is 13.2 Å². The van der Waals surface area contributed by atoms with E-state index in [1.54, 1.807) is 15.9 Å². The molecule has 0 radical (unpaired) electrons. The second-order valence-electron chi connectivity index (χ2n) is 8.07. The van der Waals surface area contributed by atoms with Crippen molar-refractivity contribution in [2.75, 3.05) is 31.1 Å². The number of carbonyl (C=O) groups excluding carboxylic acids is 1. The topological polar surface area (TPSA) is 79.6 Å². The number of rotatable bonds is 3. The van der Waals surface area contributed by atoms with Crippen LogP contribution >= 0.6 is 0 Å². The molecule has 0 atom stereocenters. The Labute approximate surface area is 187 Å². The Morgan fingerprint density at radius 2 is 1.73 bits per heavy atom. The molecular formula is C23H21F3N4O3. The van der Waals surface area contributed by atoms with E-state index in [0.29, 0.717) is 17.3 Å². The Hall–Kier alpha value is -3.69. The number of benzene rings is 2. The molecule has 0 bridgehead atoms. The van der Waals surface area contributed by atoms with Gasteiger partial charge in [0.05, 0.1) is 21.6 Å². The minimum atomic E-state index is -4.67. The van der Waals surface area contributed by atoms with Crippen LogP contribution in [-0.4, -0.2) is 46.9 Å². The highest BCUT2D eigenvalue weighted by Gasteiger charge is 2.34. The predicted molar refractivity (Wildman–Crippen MR) is 117 cm³/mol. The summed E-state index contributed by atoms with van der Waals surface area (Å²) in [5.74, 6) is -0.169. The molecule has 1 aliphatic rings. The number of pyridine rings is 1. The van der Waals surface area contributed by atoms with Crippen LogP contribution in [0.1, 0.15) is 27.2 Å². The molecule has 0 unspecified atom stereocenters. The maximum Gasteiger partial charge on any atom is 0.416 e. The molecule has 33 heavy (non-hydrogen) atoms. The quantitative estimate of drug-likeness (QED) is 0.418. The van der Waals surface area contributed by atoms with Gasteiger partial charge in [0.15, 0.2) is 0 Å². The fourth-order valence-electron chi connectivity index (χ4n) is 4.08. The molecule has 1 amide bonds. The van der Waals surface area contributed by atoms with E-state index in [1.807, 2.05) is 32.0 Å². The van der Waals surface area contributed by atoms with Crippen molar-refractivity contribution in [3.8, 4) is 0 Å². The van der Waals surface area contributed by atoms with E-state index in [4.69, 9.17) is 0 Å². The Morgan fingerprint density at radius 1 is 1.03 bits per heavy atom. The monoisotopic (exact) mass is 458 g/mol. The third-order valence-electron chi connectivity index (χ3n) is 5.73. The zero-order valence-electron chi connectivity index (χ0n) is 18.0. The Morgan fingerprint density at radius 3 is 2.36 bits per heavy atom. The summed E-state index contributed by atoms with van der Waals surface area (Å²) in [7, 11) is 0. The van der Waals surface area contributed by atoms with Gasteiger partial charge < -0.3 is 9.80 Å². The number of hydrogen-bond acceptors (Lipinski definition) is 5. The van der Waals surface area contributed by atoms with Crippen molar-refractivity contribution in [2.45, 2.75) is 20.0 Å². The summed E-state index contributed by atoms with van der Waals surface area (Å²) in [6.07, 6.45) is -4.67. The normalized spacial score (nSPS) is 14.6. The number of aromatic nitrogens is 1. The van der Waals surface area contributed by atoms with Gasteiger partial charge in [0.2, 0.25) is 0 Å². The average Bonchev–Trinajstić information content (AvgIpc) is 2.77. The van der Waals surface area contributed by atoms with Crippen molar-refractivity contribution in [2.24, 2.45) is 0 Å². The van der Waals surface area contributed by atoms with Gasteiger partial charge >= 0.3 is 6.18 Å². The molecule has 2 aromatic carbocycles. The van der Waals surface area contributed by atoms with E-state index in [9.17, 15) is 28.1 Å². The van der Waals surface area contributed by atoms with Gasteiger partial charge in [-0.1, -0.05) is 11.6 Å². The minimum absolute atomic E-state index is 0.112. The summed E-state index contributed by atoms with van der Waals surface area (Å²) in [5.41, 5.74) is 1.42. The lowest BCUT2D eigenvalue weighted by Gasteiger charge is -2.36. The number of nitro benzene ring substituents is 1. The number of nitrogens with zero attached hydrogens (tertiary/aromatic N) is 4. The number of nitro groups is 1. The van der Waals surface area contributed by atoms with Crippen molar-refractivity contribution in [3.05, 3.63) is 75.0 Å². The first-order chi connectivity index (χ1) is 15.5. The van der Waals surface area contributed by atoms with Crippen LogP contribution in [0, 0.1) is 24.0 Å². The Balaban J connectivity index is 1.57. The number of alkyl halides is 3. The molecule has 10 heteroatoms. The lowest BCUT2D eigenvalue weighted by molar-refractivity contribution is -0.384. The molecule has 0 saturated carbocycles. The van der Waals surface area contributed by atoms with Crippen LogP contribution in [0.25, 0.3) is 10.9 Å². The van der Waals surface area contributed by atoms with Crippen LogP contribution in [0.4, 0.5) is 24.5 Å². The number of halogens is 3. The van der Waals surface area contributed by atoms with E-state index in [2.05, 4.69) is 4.98 Å². The maximum absolute atomic E-state index is 13.3. The smallest absolute Gasteiger partial charge is 0.362 e. The van der Waals surface area contributed by atoms with E-state index in [1.165, 1.54) is 0 Å². The van der Waals surface area contributed by atoms with Gasteiger partial charge in [0.1, 0.15) is 5.69 Å². The third-order valence-corrected chi connectivity index (χ3v) is 5.73. The zero-order chi connectivity index (χ0) is 23.9. The number of anilines is 1. The Kier molecular flexibility index (Phi) is 5.69. The van der Waals surface area contributed by atoms with Crippen LogP contribution in [-0.2, 0) is 6.18 Å². The van der Waals surface area contributed by atoms with Crippen LogP contribution in [0.3, 0.4) is 0 Å². The van der Waals surface area contributed by atoms with Crippen molar-refractivity contribution >= 4 is 28.2 Å². The summed E-state index contributed by atoms with van der Waals surface area (Å²) >= 11 is 0. The highest BCUT2D eigenvalue weighted by Crippen LogP contribution is 2.37. The first kappa shape index (κ1) is 22.5. The van der Waals surface area contributed by atoms with Gasteiger partial charge in [-0.15, -0.1) is 0 Å². The molecular weight excluding hydrogens is 437 g/mol. The molecule has 1 aliphatic heterocycles. The number of carbonyl (C=O) groups is 1. The lowest BCUT2D eigenvalue weighted by Crippen LogP contribution is -2.49. The summed E-state index contributed by atoms with van der Waals surface area (Å²) in [4.78, 5) is 31.7. The van der Waals surface area contributed by atoms with Crippen molar-refractivity contribution in [1.82, 2.24) is 9.88 Å². The van der Waals surface area contributed by atoms with Gasteiger partial charge in [0.25, 0.3) is 11.6 Å². The van der Waals surface area contributed by atoms with Crippen molar-refractivity contribution in [3.63, 3.8) is 0 Å². The fourth-order valence-corrected chi connectivity index (χ4v) is 4.08. The van der Waals surface area contributed by atoms with Crippen LogP contribution < -0.4 is 4.90 Å². The number of piperazine rings is 1. The summed E-state index contributed by atoms with van der Waals surface area (Å²) < 4.78 is 39.0. The highest BCUT2D eigenvalue weighted by atomic mass is 19.4. The molecule has 0 aliphatic carbocycles. The van der Waals surface area contributed by atoms with Gasteiger partial charge in [0, 0.05) is 43.3 Å². The van der Waals surface area contributed by atoms with Crippen LogP contribution in [0.2, 0.25) is 0 Å². The highest BCUT2D eigenvalue weighted by molar-refractivity contribution is 6.06. The van der Waals surface area contributed by atoms with E-state index >= 15 is 0 Å². The standard InChI is InChI=1S/C23H21F3N4O3/c1-14-3-5-19-17(11-14)18(12-15(2)27-19)22(31)29-9-7-28(8-10-29)20-6-4-16(23(24,25)26)13-21(20)30(32)33/h3-6,11-13H,7-10H2,1-2H3. The first-order valence-corrected chi connectivity index (χ1v) is 10.3. The molecule has 4 rings (SSSR count). The summed E-state index contributed by atoms with van der Waals surface area (Å²) in [6, 6.07) is 9.99. The molecule has 0 spiro atoms. The summed E-state index contributed by atoms with van der Waals surface area (Å²) in [6.45, 7) is 4.84. The van der Waals surface area contributed by atoms with Gasteiger partial charge in [-0.25, -0.2) is 0 Å². The second-order valence-corrected chi connectivity index (χ2v) is 8.07. The van der Waals surface area contributed by atoms with Gasteiger partial charge in [-0.3, -0.25) is 19.9 Å². The SMILES string of the molecule is Cc1ccc2nc(C)cc(C(=O)N3CCN(c4ccc(C(F)(F)F)cc4[N+](=O)[O-])CC3)c2c1. The number of aryl methyl sites for hydroxylation is 2. The number of fused-ring (bicyclic) bond motifs is 1. The third kappa shape index (κ3) is 4.46. The molecule has 1 fully saturated rings. The van der Waals surface area contributed by atoms with E-state index in [-0.39, 0.29) is 37.8 Å². The molecule has 1 saturated heterocycles. The second kappa shape index (κ2) is 8.34. The van der Waals surface area contributed by atoms with Gasteiger partial charge in [-0.05, 0) is 44.2 Å². The zero-order valence-corrected chi connectivity index (χ0v) is 18.0. The van der Waals surface area contributed by atoms with Crippen molar-refractivity contribution < 1.29 is 22.9 Å². The number of amides is 1. The average molecular weight is 458 g/mol. The Bertz CT molecular complexity index is 1250.